The second kappa shape index (κ2) is 7.77. The standard InChI is InChI=1S/C18H23N3O2S/c1-13-20-16(12-24-13)11-23-17-7-3-5-14(9-17)18(22)21-8-4-6-15(10-21)19-2/h3,5,7,9,12,15,19H,4,6,8,10-11H2,1-2H3. The van der Waals surface area contributed by atoms with Gasteiger partial charge in [-0.25, -0.2) is 4.98 Å². The summed E-state index contributed by atoms with van der Waals surface area (Å²) in [5.74, 6) is 0.776. The molecule has 1 N–H and O–H groups in total. The van der Waals surface area contributed by atoms with Crippen LogP contribution in [0.15, 0.2) is 29.6 Å². The lowest BCUT2D eigenvalue weighted by Gasteiger charge is -2.32. The molecule has 2 heterocycles. The molecule has 0 spiro atoms. The fourth-order valence-electron chi connectivity index (χ4n) is 2.93. The zero-order valence-electron chi connectivity index (χ0n) is 14.1. The largest absolute Gasteiger partial charge is 0.487 e. The van der Waals surface area contributed by atoms with Crippen molar-refractivity contribution in [2.24, 2.45) is 0 Å². The molecule has 1 amide bonds. The summed E-state index contributed by atoms with van der Waals surface area (Å²) in [4.78, 5) is 19.0. The summed E-state index contributed by atoms with van der Waals surface area (Å²) in [6.45, 7) is 3.98. The summed E-state index contributed by atoms with van der Waals surface area (Å²) in [7, 11) is 1.95. The topological polar surface area (TPSA) is 54.5 Å². The molecule has 0 aliphatic carbocycles. The number of likely N-dealkylation sites (tertiary alicyclic amines) is 1. The number of nitrogens with zero attached hydrogens (tertiary/aromatic N) is 2. The zero-order chi connectivity index (χ0) is 16.9. The van der Waals surface area contributed by atoms with Gasteiger partial charge in [0.05, 0.1) is 10.7 Å². The number of likely N-dealkylation sites (N-methyl/N-ethyl adjacent to an activating group) is 1. The average Bonchev–Trinajstić information content (AvgIpc) is 3.05. The van der Waals surface area contributed by atoms with Gasteiger partial charge in [-0.05, 0) is 45.0 Å². The molecule has 1 aliphatic heterocycles. The van der Waals surface area contributed by atoms with Crippen LogP contribution in [-0.2, 0) is 6.61 Å². The number of nitrogens with one attached hydrogen (secondary N) is 1. The first-order valence-electron chi connectivity index (χ1n) is 8.26. The van der Waals surface area contributed by atoms with E-state index in [1.165, 1.54) is 0 Å². The van der Waals surface area contributed by atoms with Crippen molar-refractivity contribution < 1.29 is 9.53 Å². The number of hydrogen-bond acceptors (Lipinski definition) is 5. The van der Waals surface area contributed by atoms with Crippen molar-refractivity contribution in [3.8, 4) is 5.75 Å². The molecule has 0 saturated carbocycles. The Labute approximate surface area is 146 Å². The van der Waals surface area contributed by atoms with Crippen LogP contribution in [0.1, 0.15) is 33.9 Å². The van der Waals surface area contributed by atoms with Gasteiger partial charge in [0.15, 0.2) is 0 Å². The van der Waals surface area contributed by atoms with Crippen LogP contribution in [0.3, 0.4) is 0 Å². The summed E-state index contributed by atoms with van der Waals surface area (Å²) < 4.78 is 5.79. The maximum atomic E-state index is 12.7. The SMILES string of the molecule is CNC1CCCN(C(=O)c2cccc(OCc3csc(C)n3)c2)C1. The minimum atomic E-state index is 0.0740. The molecule has 5 nitrogen and oxygen atoms in total. The van der Waals surface area contributed by atoms with Crippen LogP contribution in [0.2, 0.25) is 0 Å². The van der Waals surface area contributed by atoms with Gasteiger partial charge in [0.1, 0.15) is 12.4 Å². The summed E-state index contributed by atoms with van der Waals surface area (Å²) in [6.07, 6.45) is 2.16. The van der Waals surface area contributed by atoms with Crippen LogP contribution in [0.4, 0.5) is 0 Å². The Hall–Kier alpha value is -1.92. The van der Waals surface area contributed by atoms with E-state index in [2.05, 4.69) is 10.3 Å². The summed E-state index contributed by atoms with van der Waals surface area (Å²) in [6, 6.07) is 7.81. The predicted octanol–water partition coefficient (Wildman–Crippen LogP) is 2.85. The number of ether oxygens (including phenoxy) is 1. The number of thiazole rings is 1. The summed E-state index contributed by atoms with van der Waals surface area (Å²) >= 11 is 1.61. The third-order valence-electron chi connectivity index (χ3n) is 4.25. The van der Waals surface area contributed by atoms with Crippen LogP contribution < -0.4 is 10.1 Å². The zero-order valence-corrected chi connectivity index (χ0v) is 14.9. The van der Waals surface area contributed by atoms with Crippen LogP contribution >= 0.6 is 11.3 Å². The highest BCUT2D eigenvalue weighted by Crippen LogP contribution is 2.19. The van der Waals surface area contributed by atoms with Crippen molar-refractivity contribution in [2.75, 3.05) is 20.1 Å². The fraction of sp³-hybridized carbons (Fsp3) is 0.444. The first-order valence-corrected chi connectivity index (χ1v) is 9.14. The molecule has 0 bridgehead atoms. The van der Waals surface area contributed by atoms with E-state index in [9.17, 15) is 4.79 Å². The Kier molecular flexibility index (Phi) is 5.48. The molecule has 1 fully saturated rings. The predicted molar refractivity (Wildman–Crippen MR) is 95.6 cm³/mol. The first-order chi connectivity index (χ1) is 11.7. The minimum absolute atomic E-state index is 0.0740. The average molecular weight is 345 g/mol. The van der Waals surface area contributed by atoms with E-state index in [4.69, 9.17) is 4.74 Å². The Morgan fingerprint density at radius 2 is 2.38 bits per heavy atom. The van der Waals surface area contributed by atoms with Crippen molar-refractivity contribution in [1.82, 2.24) is 15.2 Å². The lowest BCUT2D eigenvalue weighted by atomic mass is 10.0. The quantitative estimate of drug-likeness (QED) is 0.905. The number of piperidine rings is 1. The lowest BCUT2D eigenvalue weighted by Crippen LogP contribution is -2.46. The molecule has 0 radical (unpaired) electrons. The van der Waals surface area contributed by atoms with Gasteiger partial charge in [-0.2, -0.15) is 0 Å². The van der Waals surface area contributed by atoms with Gasteiger partial charge in [0.2, 0.25) is 0 Å². The molecule has 1 atom stereocenters. The Balaban J connectivity index is 1.64. The van der Waals surface area contributed by atoms with E-state index in [1.54, 1.807) is 11.3 Å². The van der Waals surface area contributed by atoms with Gasteiger partial charge in [-0.3, -0.25) is 4.79 Å². The van der Waals surface area contributed by atoms with Crippen LogP contribution in [0, 0.1) is 6.92 Å². The van der Waals surface area contributed by atoms with E-state index >= 15 is 0 Å². The molecule has 3 rings (SSSR count). The monoisotopic (exact) mass is 345 g/mol. The normalized spacial score (nSPS) is 17.8. The van der Waals surface area contributed by atoms with Crippen molar-refractivity contribution >= 4 is 17.2 Å². The van der Waals surface area contributed by atoms with E-state index in [1.807, 2.05) is 48.5 Å². The minimum Gasteiger partial charge on any atom is -0.487 e. The smallest absolute Gasteiger partial charge is 0.254 e. The van der Waals surface area contributed by atoms with E-state index < -0.39 is 0 Å². The maximum Gasteiger partial charge on any atom is 0.254 e. The molecule has 6 heteroatoms. The molecule has 1 aliphatic rings. The van der Waals surface area contributed by atoms with Gasteiger partial charge in [-0.1, -0.05) is 6.07 Å². The second-order valence-electron chi connectivity index (χ2n) is 6.05. The maximum absolute atomic E-state index is 12.7. The van der Waals surface area contributed by atoms with E-state index in [-0.39, 0.29) is 5.91 Å². The second-order valence-corrected chi connectivity index (χ2v) is 7.12. The molecular formula is C18H23N3O2S. The van der Waals surface area contributed by atoms with Gasteiger partial charge >= 0.3 is 0 Å². The summed E-state index contributed by atoms with van der Waals surface area (Å²) in [5, 5.41) is 6.29. The number of rotatable bonds is 5. The molecular weight excluding hydrogens is 322 g/mol. The summed E-state index contributed by atoms with van der Waals surface area (Å²) in [5.41, 5.74) is 1.60. The third kappa shape index (κ3) is 4.13. The van der Waals surface area contributed by atoms with Crippen molar-refractivity contribution in [3.63, 3.8) is 0 Å². The van der Waals surface area contributed by atoms with Crippen molar-refractivity contribution in [2.45, 2.75) is 32.4 Å². The fourth-order valence-corrected chi connectivity index (χ4v) is 3.53. The molecule has 2 aromatic rings. The van der Waals surface area contributed by atoms with E-state index in [0.29, 0.717) is 24.0 Å². The number of carbonyl (C=O) groups excluding carboxylic acids is 1. The molecule has 1 aromatic carbocycles. The van der Waals surface area contributed by atoms with Crippen LogP contribution in [-0.4, -0.2) is 42.0 Å². The number of carbonyl (C=O) groups is 1. The number of aromatic nitrogens is 1. The Morgan fingerprint density at radius 3 is 3.12 bits per heavy atom. The highest BCUT2D eigenvalue weighted by atomic mass is 32.1. The van der Waals surface area contributed by atoms with Crippen molar-refractivity contribution in [1.29, 1.82) is 0 Å². The number of amides is 1. The van der Waals surface area contributed by atoms with Gasteiger partial charge in [0.25, 0.3) is 5.91 Å². The number of benzene rings is 1. The highest BCUT2D eigenvalue weighted by molar-refractivity contribution is 7.09. The first kappa shape index (κ1) is 16.9. The number of aryl methyl sites for hydroxylation is 1. The van der Waals surface area contributed by atoms with E-state index in [0.717, 1.165) is 36.6 Å². The van der Waals surface area contributed by atoms with Crippen molar-refractivity contribution in [3.05, 3.63) is 45.9 Å². The molecule has 1 aromatic heterocycles. The number of hydrogen-bond donors (Lipinski definition) is 1. The Bertz CT molecular complexity index is 701. The van der Waals surface area contributed by atoms with Gasteiger partial charge in [0, 0.05) is 30.1 Å². The lowest BCUT2D eigenvalue weighted by molar-refractivity contribution is 0.0697. The van der Waals surface area contributed by atoms with Gasteiger partial charge in [-0.15, -0.1) is 11.3 Å². The molecule has 128 valence electrons. The molecule has 24 heavy (non-hydrogen) atoms. The highest BCUT2D eigenvalue weighted by Gasteiger charge is 2.23. The third-order valence-corrected chi connectivity index (χ3v) is 5.07. The van der Waals surface area contributed by atoms with Crippen LogP contribution in [0.25, 0.3) is 0 Å². The van der Waals surface area contributed by atoms with Crippen LogP contribution in [0.5, 0.6) is 5.75 Å². The molecule has 1 saturated heterocycles. The molecule has 1 unspecified atom stereocenters. The van der Waals surface area contributed by atoms with Gasteiger partial charge < -0.3 is 15.0 Å². The Morgan fingerprint density at radius 1 is 1.50 bits per heavy atom.